The maximum Gasteiger partial charge on any atom is 0.164 e. The number of aromatic nitrogens is 5. The zero-order chi connectivity index (χ0) is 26.2. The van der Waals surface area contributed by atoms with Crippen molar-refractivity contribution in [1.29, 1.82) is 0 Å². The third-order valence-electron chi connectivity index (χ3n) is 6.97. The van der Waals surface area contributed by atoms with Crippen LogP contribution in [0.4, 0.5) is 5.82 Å². The topological polar surface area (TPSA) is 124 Å². The van der Waals surface area contributed by atoms with Crippen molar-refractivity contribution >= 4 is 28.6 Å². The number of benzene rings is 2. The van der Waals surface area contributed by atoms with Gasteiger partial charge in [0.2, 0.25) is 0 Å². The molecular weight excluding hydrogens is 500 g/mol. The molecule has 1 saturated heterocycles. The van der Waals surface area contributed by atoms with E-state index in [-0.39, 0.29) is 0 Å². The number of nitrogens with zero attached hydrogens (tertiary/aromatic N) is 5. The van der Waals surface area contributed by atoms with Crippen molar-refractivity contribution in [2.24, 2.45) is 7.05 Å². The first-order valence-electron chi connectivity index (χ1n) is 12.4. The molecule has 9 nitrogen and oxygen atoms in total. The Morgan fingerprint density at radius 1 is 0.947 bits per heavy atom. The SMILES string of the molecule is Cn1c(-c2ccccc2)nc(-c2ccccc2)c1CSC[C@H]1O[C@@H](n2ccc3c(N)ncnc32)[C@H](O)[C@@H]1O. The summed E-state index contributed by atoms with van der Waals surface area (Å²) in [5.74, 6) is 2.40. The molecule has 4 atom stereocenters. The Kier molecular flexibility index (Phi) is 6.62. The fourth-order valence-electron chi connectivity index (χ4n) is 4.93. The lowest BCUT2D eigenvalue weighted by atomic mass is 10.1. The minimum atomic E-state index is -1.10. The zero-order valence-corrected chi connectivity index (χ0v) is 21.6. The van der Waals surface area contributed by atoms with Gasteiger partial charge in [-0.05, 0) is 6.07 Å². The van der Waals surface area contributed by atoms with E-state index in [0.29, 0.717) is 28.4 Å². The fourth-order valence-corrected chi connectivity index (χ4v) is 6.08. The summed E-state index contributed by atoms with van der Waals surface area (Å²) in [6.45, 7) is 0. The third kappa shape index (κ3) is 4.35. The largest absolute Gasteiger partial charge is 0.387 e. The molecule has 0 aliphatic carbocycles. The quantitative estimate of drug-likeness (QED) is 0.293. The Balaban J connectivity index is 1.22. The summed E-state index contributed by atoms with van der Waals surface area (Å²) in [6.07, 6.45) is -0.347. The van der Waals surface area contributed by atoms with Crippen molar-refractivity contribution in [3.8, 4) is 22.6 Å². The van der Waals surface area contributed by atoms with E-state index in [9.17, 15) is 10.2 Å². The summed E-state index contributed by atoms with van der Waals surface area (Å²) in [6, 6.07) is 22.1. The van der Waals surface area contributed by atoms with Gasteiger partial charge in [-0.25, -0.2) is 15.0 Å². The highest BCUT2D eigenvalue weighted by Crippen LogP contribution is 2.36. The smallest absolute Gasteiger partial charge is 0.164 e. The Morgan fingerprint density at radius 2 is 1.66 bits per heavy atom. The molecule has 1 aliphatic heterocycles. The minimum Gasteiger partial charge on any atom is -0.387 e. The summed E-state index contributed by atoms with van der Waals surface area (Å²) in [5, 5.41) is 22.3. The molecule has 2 aromatic carbocycles. The van der Waals surface area contributed by atoms with Gasteiger partial charge in [0, 0.05) is 35.9 Å². The first kappa shape index (κ1) is 24.6. The normalized spacial score (nSPS) is 21.3. The van der Waals surface area contributed by atoms with Gasteiger partial charge in [-0.15, -0.1) is 0 Å². The number of aliphatic hydroxyl groups is 2. The molecule has 4 N–H and O–H groups in total. The number of thioether (sulfide) groups is 1. The maximum atomic E-state index is 10.8. The lowest BCUT2D eigenvalue weighted by Crippen LogP contribution is -2.32. The van der Waals surface area contributed by atoms with Gasteiger partial charge < -0.3 is 29.8 Å². The first-order valence-corrected chi connectivity index (χ1v) is 13.5. The van der Waals surface area contributed by atoms with E-state index in [1.807, 2.05) is 43.4 Å². The second-order valence-electron chi connectivity index (χ2n) is 9.30. The van der Waals surface area contributed by atoms with Crippen LogP contribution in [-0.4, -0.2) is 58.4 Å². The molecule has 1 fully saturated rings. The summed E-state index contributed by atoms with van der Waals surface area (Å²) in [7, 11) is 2.03. The molecule has 0 radical (unpaired) electrons. The molecular formula is C28H28N6O3S. The van der Waals surface area contributed by atoms with Crippen LogP contribution in [0.5, 0.6) is 0 Å². The number of rotatable bonds is 7. The number of nitrogen functional groups attached to an aromatic ring is 1. The number of nitrogens with two attached hydrogens (primary N) is 1. The maximum absolute atomic E-state index is 10.8. The second-order valence-corrected chi connectivity index (χ2v) is 10.3. The van der Waals surface area contributed by atoms with Crippen molar-refractivity contribution in [2.45, 2.75) is 30.3 Å². The molecule has 10 heteroatoms. The Morgan fingerprint density at radius 3 is 2.39 bits per heavy atom. The Hall–Kier alpha value is -3.70. The van der Waals surface area contributed by atoms with E-state index in [1.165, 1.54) is 6.33 Å². The minimum absolute atomic E-state index is 0.356. The predicted molar refractivity (Wildman–Crippen MR) is 148 cm³/mol. The summed E-state index contributed by atoms with van der Waals surface area (Å²) >= 11 is 1.63. The van der Waals surface area contributed by atoms with E-state index in [4.69, 9.17) is 15.5 Å². The summed E-state index contributed by atoms with van der Waals surface area (Å²) in [5.41, 5.74) is 10.6. The number of aliphatic hydroxyl groups excluding tert-OH is 2. The van der Waals surface area contributed by atoms with Crippen molar-refractivity contribution < 1.29 is 14.9 Å². The van der Waals surface area contributed by atoms with E-state index in [0.717, 1.165) is 28.3 Å². The summed E-state index contributed by atoms with van der Waals surface area (Å²) in [4.78, 5) is 13.3. The Bertz CT molecular complexity index is 1560. The van der Waals surface area contributed by atoms with Crippen LogP contribution in [-0.2, 0) is 17.5 Å². The third-order valence-corrected chi connectivity index (χ3v) is 8.01. The molecule has 0 saturated carbocycles. The number of anilines is 1. The van der Waals surface area contributed by atoms with Crippen molar-refractivity contribution in [1.82, 2.24) is 24.1 Å². The summed E-state index contributed by atoms with van der Waals surface area (Å²) < 4.78 is 9.98. The van der Waals surface area contributed by atoms with Gasteiger partial charge in [-0.2, -0.15) is 11.8 Å². The zero-order valence-electron chi connectivity index (χ0n) is 20.8. The van der Waals surface area contributed by atoms with Gasteiger partial charge in [0.15, 0.2) is 6.23 Å². The molecule has 3 aromatic heterocycles. The molecule has 0 amide bonds. The van der Waals surface area contributed by atoms with Gasteiger partial charge >= 0.3 is 0 Å². The molecule has 38 heavy (non-hydrogen) atoms. The highest BCUT2D eigenvalue weighted by Gasteiger charge is 2.44. The van der Waals surface area contributed by atoms with Crippen LogP contribution in [0.15, 0.2) is 79.3 Å². The molecule has 0 unspecified atom stereocenters. The molecule has 5 aromatic rings. The van der Waals surface area contributed by atoms with E-state index < -0.39 is 24.5 Å². The van der Waals surface area contributed by atoms with Crippen molar-refractivity contribution in [3.05, 3.63) is 84.9 Å². The van der Waals surface area contributed by atoms with E-state index >= 15 is 0 Å². The molecule has 1 aliphatic rings. The van der Waals surface area contributed by atoms with Crippen LogP contribution in [0.3, 0.4) is 0 Å². The van der Waals surface area contributed by atoms with Crippen LogP contribution in [0.2, 0.25) is 0 Å². The molecule has 0 spiro atoms. The first-order chi connectivity index (χ1) is 18.5. The average molecular weight is 529 g/mol. The highest BCUT2D eigenvalue weighted by atomic mass is 32.2. The van der Waals surface area contributed by atoms with Crippen LogP contribution < -0.4 is 5.73 Å². The average Bonchev–Trinajstić information content (AvgIpc) is 3.60. The molecule has 0 bridgehead atoms. The molecule has 194 valence electrons. The van der Waals surface area contributed by atoms with Gasteiger partial charge in [-0.1, -0.05) is 60.7 Å². The number of hydrogen-bond donors (Lipinski definition) is 3. The standard InChI is InChI=1S/C28H28N6O3S/c1-33-20(22(17-8-4-2-5-9-17)32-26(33)18-10-6-3-7-11-18)14-38-15-21-23(35)24(36)28(37-21)34-13-12-19-25(29)30-16-31-27(19)34/h2-13,16,21,23-24,28,35-36H,14-15H2,1H3,(H2,29,30,31)/t21-,23-,24-,28-/m1/s1. The fraction of sp³-hybridized carbons (Fsp3) is 0.250. The number of hydrogen-bond acceptors (Lipinski definition) is 8. The van der Waals surface area contributed by atoms with E-state index in [1.54, 1.807) is 28.6 Å². The van der Waals surface area contributed by atoms with Crippen molar-refractivity contribution in [3.63, 3.8) is 0 Å². The lowest BCUT2D eigenvalue weighted by Gasteiger charge is -2.17. The van der Waals surface area contributed by atoms with Gasteiger partial charge in [0.05, 0.1) is 22.9 Å². The monoisotopic (exact) mass is 528 g/mol. The van der Waals surface area contributed by atoms with Gasteiger partial charge in [-0.3, -0.25) is 0 Å². The van der Waals surface area contributed by atoms with Gasteiger partial charge in [0.25, 0.3) is 0 Å². The van der Waals surface area contributed by atoms with Crippen LogP contribution in [0.25, 0.3) is 33.7 Å². The van der Waals surface area contributed by atoms with Crippen LogP contribution >= 0.6 is 11.8 Å². The number of imidazole rings is 1. The molecule has 4 heterocycles. The Labute approximate surface area is 223 Å². The second kappa shape index (κ2) is 10.2. The number of fused-ring (bicyclic) bond motifs is 1. The van der Waals surface area contributed by atoms with Crippen LogP contribution in [0, 0.1) is 0 Å². The highest BCUT2D eigenvalue weighted by molar-refractivity contribution is 7.98. The lowest BCUT2D eigenvalue weighted by molar-refractivity contribution is -0.0285. The predicted octanol–water partition coefficient (Wildman–Crippen LogP) is 3.63. The van der Waals surface area contributed by atoms with E-state index in [2.05, 4.69) is 38.8 Å². The van der Waals surface area contributed by atoms with Crippen molar-refractivity contribution in [2.75, 3.05) is 11.5 Å². The van der Waals surface area contributed by atoms with Gasteiger partial charge in [0.1, 0.15) is 35.8 Å². The molecule has 6 rings (SSSR count). The van der Waals surface area contributed by atoms with Crippen LogP contribution in [0.1, 0.15) is 11.9 Å². The number of ether oxygens (including phenoxy) is 1.